The van der Waals surface area contributed by atoms with E-state index >= 15 is 0 Å². The monoisotopic (exact) mass is 364 g/mol. The minimum atomic E-state index is -3.99. The number of amides is 1. The van der Waals surface area contributed by atoms with Gasteiger partial charge in [0.2, 0.25) is 0 Å². The van der Waals surface area contributed by atoms with Crippen molar-refractivity contribution < 1.29 is 13.2 Å². The van der Waals surface area contributed by atoms with Gasteiger partial charge in [0, 0.05) is 10.5 Å². The van der Waals surface area contributed by atoms with E-state index in [1.54, 1.807) is 30.3 Å². The highest BCUT2D eigenvalue weighted by Crippen LogP contribution is 2.24. The second kappa shape index (κ2) is 6.96. The van der Waals surface area contributed by atoms with Crippen LogP contribution in [0.15, 0.2) is 58.3 Å². The van der Waals surface area contributed by atoms with E-state index in [9.17, 15) is 13.2 Å². The topological polar surface area (TPSA) is 89.3 Å². The number of hydrogen-bond acceptors (Lipinski definition) is 5. The first-order chi connectivity index (χ1) is 11.1. The van der Waals surface area contributed by atoms with Gasteiger partial charge in [0.25, 0.3) is 15.9 Å². The van der Waals surface area contributed by atoms with Crippen LogP contribution in [0.2, 0.25) is 0 Å². The van der Waals surface area contributed by atoms with Gasteiger partial charge in [-0.05, 0) is 47.2 Å². The van der Waals surface area contributed by atoms with Gasteiger partial charge in [-0.2, -0.15) is 0 Å². The molecule has 2 aromatic rings. The van der Waals surface area contributed by atoms with Crippen molar-refractivity contribution in [2.75, 3.05) is 0 Å². The molecule has 0 aliphatic carbocycles. The van der Waals surface area contributed by atoms with Gasteiger partial charge in [-0.1, -0.05) is 45.0 Å². The van der Waals surface area contributed by atoms with E-state index in [1.807, 2.05) is 12.1 Å². The zero-order chi connectivity index (χ0) is 18.0. The van der Waals surface area contributed by atoms with Crippen LogP contribution in [0, 0.1) is 0 Å². The number of carbonyl (C=O) groups excluding carboxylic acids is 1. The third-order valence-electron chi connectivity index (χ3n) is 3.51. The summed E-state index contributed by atoms with van der Waals surface area (Å²) in [7, 11) is -3.99. The van der Waals surface area contributed by atoms with Gasteiger partial charge >= 0.3 is 0 Å². The molecule has 0 fully saturated rings. The molecular formula is C17H20N2O3S2. The molecule has 0 unspecified atom stereocenters. The maximum atomic E-state index is 12.4. The van der Waals surface area contributed by atoms with Gasteiger partial charge in [-0.25, -0.2) is 13.1 Å². The van der Waals surface area contributed by atoms with Crippen molar-refractivity contribution in [2.45, 2.75) is 36.0 Å². The molecule has 0 bridgehead atoms. The third kappa shape index (κ3) is 4.17. The van der Waals surface area contributed by atoms with E-state index in [4.69, 9.17) is 5.14 Å². The van der Waals surface area contributed by atoms with Crippen LogP contribution in [0.5, 0.6) is 0 Å². The van der Waals surface area contributed by atoms with E-state index < -0.39 is 15.9 Å². The summed E-state index contributed by atoms with van der Waals surface area (Å²) >= 11 is 0.819. The molecule has 3 N–H and O–H groups in total. The highest BCUT2D eigenvalue weighted by atomic mass is 32.2. The highest BCUT2D eigenvalue weighted by molar-refractivity contribution is 7.98. The van der Waals surface area contributed by atoms with Crippen LogP contribution >= 0.6 is 11.9 Å². The summed E-state index contributed by atoms with van der Waals surface area (Å²) in [5.41, 5.74) is 1.30. The largest absolute Gasteiger partial charge is 0.274 e. The Balaban J connectivity index is 2.25. The summed E-state index contributed by atoms with van der Waals surface area (Å²) in [6.45, 7) is 6.19. The van der Waals surface area contributed by atoms with E-state index in [0.29, 0.717) is 4.90 Å². The molecule has 0 aromatic heterocycles. The highest BCUT2D eigenvalue weighted by Gasteiger charge is 2.22. The maximum Gasteiger partial charge on any atom is 0.265 e. The average Bonchev–Trinajstić information content (AvgIpc) is 2.53. The van der Waals surface area contributed by atoms with Crippen molar-refractivity contribution in [1.82, 2.24) is 4.72 Å². The average molecular weight is 364 g/mol. The SMILES string of the molecule is CC(C)(C)c1ccc(C(=O)NS(=O)(=O)c2ccccc2SN)cc1. The Labute approximate surface area is 146 Å². The molecule has 5 nitrogen and oxygen atoms in total. The van der Waals surface area contributed by atoms with E-state index in [2.05, 4.69) is 25.5 Å². The summed E-state index contributed by atoms with van der Waals surface area (Å²) in [5.74, 6) is -0.674. The van der Waals surface area contributed by atoms with E-state index in [-0.39, 0.29) is 15.9 Å². The molecule has 0 heterocycles. The molecule has 24 heavy (non-hydrogen) atoms. The molecule has 128 valence electrons. The van der Waals surface area contributed by atoms with Gasteiger partial charge < -0.3 is 0 Å². The van der Waals surface area contributed by atoms with Crippen LogP contribution in [0.25, 0.3) is 0 Å². The van der Waals surface area contributed by atoms with Crippen LogP contribution in [-0.4, -0.2) is 14.3 Å². The molecule has 0 radical (unpaired) electrons. The first-order valence-electron chi connectivity index (χ1n) is 7.28. The third-order valence-corrected chi connectivity index (χ3v) is 5.63. The molecule has 2 aromatic carbocycles. The van der Waals surface area contributed by atoms with Crippen LogP contribution in [-0.2, 0) is 15.4 Å². The molecule has 0 spiro atoms. The number of nitrogens with one attached hydrogen (secondary N) is 1. The van der Waals surface area contributed by atoms with Crippen molar-refractivity contribution in [2.24, 2.45) is 5.14 Å². The normalized spacial score (nSPS) is 12.0. The summed E-state index contributed by atoms with van der Waals surface area (Å²) in [4.78, 5) is 12.6. The number of benzene rings is 2. The number of rotatable bonds is 4. The molecule has 7 heteroatoms. The smallest absolute Gasteiger partial charge is 0.265 e. The fraction of sp³-hybridized carbons (Fsp3) is 0.235. The number of hydrogen-bond donors (Lipinski definition) is 2. The maximum absolute atomic E-state index is 12.4. The Hall–Kier alpha value is -1.83. The van der Waals surface area contributed by atoms with Crippen LogP contribution in [0.4, 0.5) is 0 Å². The van der Waals surface area contributed by atoms with Crippen molar-refractivity contribution in [3.05, 3.63) is 59.7 Å². The number of nitrogens with two attached hydrogens (primary N) is 1. The van der Waals surface area contributed by atoms with Gasteiger partial charge in [0.05, 0.1) is 0 Å². The molecule has 2 rings (SSSR count). The first-order valence-corrected chi connectivity index (χ1v) is 9.65. The van der Waals surface area contributed by atoms with Crippen LogP contribution < -0.4 is 9.86 Å². The van der Waals surface area contributed by atoms with Crippen LogP contribution in [0.3, 0.4) is 0 Å². The molecular weight excluding hydrogens is 344 g/mol. The van der Waals surface area contributed by atoms with Gasteiger partial charge in [0.15, 0.2) is 0 Å². The number of carbonyl (C=O) groups is 1. The molecule has 0 aliphatic heterocycles. The van der Waals surface area contributed by atoms with Gasteiger partial charge in [0.1, 0.15) is 4.90 Å². The lowest BCUT2D eigenvalue weighted by Crippen LogP contribution is -2.31. The fourth-order valence-corrected chi connectivity index (χ4v) is 4.00. The van der Waals surface area contributed by atoms with Crippen molar-refractivity contribution in [3.8, 4) is 0 Å². The Morgan fingerprint density at radius 2 is 1.62 bits per heavy atom. The van der Waals surface area contributed by atoms with Crippen molar-refractivity contribution in [1.29, 1.82) is 0 Å². The Kier molecular flexibility index (Phi) is 5.37. The minimum Gasteiger partial charge on any atom is -0.274 e. The summed E-state index contributed by atoms with van der Waals surface area (Å²) in [6, 6.07) is 13.1. The van der Waals surface area contributed by atoms with Crippen molar-refractivity contribution >= 4 is 27.9 Å². The summed E-state index contributed by atoms with van der Waals surface area (Å²) in [6.07, 6.45) is 0. The summed E-state index contributed by atoms with van der Waals surface area (Å²) in [5, 5.41) is 5.49. The molecule has 0 atom stereocenters. The first kappa shape index (κ1) is 18.5. The number of sulfonamides is 1. The molecule has 0 saturated carbocycles. The lowest BCUT2D eigenvalue weighted by Gasteiger charge is -2.19. The predicted molar refractivity (Wildman–Crippen MR) is 96.3 cm³/mol. The lowest BCUT2D eigenvalue weighted by molar-refractivity contribution is 0.0981. The Morgan fingerprint density at radius 1 is 1.04 bits per heavy atom. The quantitative estimate of drug-likeness (QED) is 0.814. The van der Waals surface area contributed by atoms with Gasteiger partial charge in [-0.3, -0.25) is 9.93 Å². The van der Waals surface area contributed by atoms with Crippen molar-refractivity contribution in [3.63, 3.8) is 0 Å². The Morgan fingerprint density at radius 3 is 2.17 bits per heavy atom. The van der Waals surface area contributed by atoms with E-state index in [0.717, 1.165) is 17.5 Å². The second-order valence-electron chi connectivity index (χ2n) is 6.33. The van der Waals surface area contributed by atoms with Gasteiger partial charge in [-0.15, -0.1) is 0 Å². The molecule has 1 amide bonds. The Bertz CT molecular complexity index is 839. The fourth-order valence-electron chi connectivity index (χ4n) is 2.13. The summed E-state index contributed by atoms with van der Waals surface area (Å²) < 4.78 is 26.9. The zero-order valence-electron chi connectivity index (χ0n) is 13.7. The standard InChI is InChI=1S/C17H20N2O3S2/c1-17(2,3)13-10-8-12(9-11-13)16(20)19-24(21,22)15-7-5-4-6-14(15)23-18/h4-11H,18H2,1-3H3,(H,19,20). The zero-order valence-corrected chi connectivity index (χ0v) is 15.4. The van der Waals surface area contributed by atoms with Crippen LogP contribution in [0.1, 0.15) is 36.7 Å². The minimum absolute atomic E-state index is 0.0165. The van der Waals surface area contributed by atoms with E-state index in [1.165, 1.54) is 6.07 Å². The lowest BCUT2D eigenvalue weighted by atomic mass is 9.87. The predicted octanol–water partition coefficient (Wildman–Crippen LogP) is 3.07. The molecule has 0 saturated heterocycles. The molecule has 0 aliphatic rings. The second-order valence-corrected chi connectivity index (χ2v) is 8.65.